The van der Waals surface area contributed by atoms with Gasteiger partial charge in [0.05, 0.1) is 41.7 Å². The Hall–Kier alpha value is -7.00. The van der Waals surface area contributed by atoms with Gasteiger partial charge in [-0.2, -0.15) is 0 Å². The number of benzene rings is 1. The van der Waals surface area contributed by atoms with Crippen LogP contribution in [0.2, 0.25) is 0 Å². The number of fused-ring (bicyclic) bond motifs is 7. The highest BCUT2D eigenvalue weighted by atomic mass is 31.2. The topological polar surface area (TPSA) is 454 Å². The second-order valence-electron chi connectivity index (χ2n) is 27.0. The van der Waals surface area contributed by atoms with E-state index in [0.29, 0.717) is 56.4 Å². The summed E-state index contributed by atoms with van der Waals surface area (Å²) in [5, 5.41) is 38.5. The molecule has 0 spiro atoms. The molecule has 7 heterocycles. The van der Waals surface area contributed by atoms with Crippen molar-refractivity contribution in [3.63, 3.8) is 0 Å². The van der Waals surface area contributed by atoms with Crippen LogP contribution >= 0.6 is 7.82 Å². The Morgan fingerprint density at radius 1 is 0.822 bits per heavy atom. The van der Waals surface area contributed by atoms with Gasteiger partial charge in [0, 0.05) is 131 Å². The molecule has 8 bridgehead atoms. The summed E-state index contributed by atoms with van der Waals surface area (Å²) < 4.78 is 32.2. The van der Waals surface area contributed by atoms with E-state index in [2.05, 4.69) is 15.6 Å². The number of ether oxygens (including phenoxy) is 1. The predicted molar refractivity (Wildman–Crippen MR) is 332 cm³/mol. The summed E-state index contributed by atoms with van der Waals surface area (Å²) in [5.74, 6) is -7.91. The molecule has 0 aliphatic carbocycles. The Balaban J connectivity index is 1.19. The summed E-state index contributed by atoms with van der Waals surface area (Å²) in [6, 6.07) is 2.66. The summed E-state index contributed by atoms with van der Waals surface area (Å²) >= 11 is 0. The molecule has 27 nitrogen and oxygen atoms in total. The molecule has 6 aliphatic rings. The molecule has 6 aliphatic heterocycles. The SMILES string of the molecule is C/C1=C2N=C(/C=C3\N/C(=C(/C)C4=N[C@](C)([C@@H]5N=C1[C@](C)(CCC(=O)NC[C@@H](C)OP(=O)(O)O[C@H]1[C@@H](O)[C@@H](n6cnc7cc(C)c(C)cc76)O[C@H]1CO)[C@H]5CC(N)=O)[C@@](C)(CC(N)=O)[C@@H]4CCC(=O)O)[C@@](C)(CC(N)=O)[C@@H]3CCC(N)=O)C(C)(C)[C@@H]/2CCC(N)=O. The number of aliphatic carboxylic acids is 1. The van der Waals surface area contributed by atoms with Crippen molar-refractivity contribution >= 4 is 77.4 Å². The van der Waals surface area contributed by atoms with Crippen LogP contribution in [0.3, 0.4) is 0 Å². The largest absolute Gasteiger partial charge is 0.481 e. The number of allylic oxidation sites excluding steroid dienone is 6. The third kappa shape index (κ3) is 13.0. The lowest BCUT2D eigenvalue weighted by molar-refractivity contribution is -0.137. The first-order chi connectivity index (χ1) is 41.8. The Bertz CT molecular complexity index is 3540. The zero-order valence-corrected chi connectivity index (χ0v) is 54.0. The number of phosphoric acid groups is 1. The highest BCUT2D eigenvalue weighted by Gasteiger charge is 2.66. The molecule has 2 saturated heterocycles. The number of nitrogens with two attached hydrogens (primary N) is 5. The molecular formula is C62H89N12O15P. The maximum atomic E-state index is 14.4. The van der Waals surface area contributed by atoms with Gasteiger partial charge in [-0.25, -0.2) is 9.55 Å². The van der Waals surface area contributed by atoms with Crippen LogP contribution in [0, 0.1) is 59.2 Å². The number of aliphatic hydroxyl groups excluding tert-OH is 2. The van der Waals surface area contributed by atoms with Gasteiger partial charge in [-0.15, -0.1) is 0 Å². The number of aliphatic hydroxyl groups is 2. The van der Waals surface area contributed by atoms with Crippen molar-refractivity contribution < 1.29 is 72.1 Å². The fraction of sp³-hybridized carbons (Fsp3) is 0.629. The quantitative estimate of drug-likeness (QED) is 0.0597. The van der Waals surface area contributed by atoms with Gasteiger partial charge in [-0.3, -0.25) is 57.6 Å². The molecule has 15 atom stereocenters. The van der Waals surface area contributed by atoms with Gasteiger partial charge in [-0.1, -0.05) is 34.6 Å². The molecule has 28 heteroatoms. The number of nitrogens with one attached hydrogen (secondary N) is 2. The number of aromatic nitrogens is 2. The van der Waals surface area contributed by atoms with E-state index in [0.717, 1.165) is 11.1 Å². The van der Waals surface area contributed by atoms with E-state index in [1.807, 2.05) is 66.7 Å². The van der Waals surface area contributed by atoms with Gasteiger partial charge in [-0.05, 0) is 108 Å². The van der Waals surface area contributed by atoms with Crippen molar-refractivity contribution in [2.24, 2.45) is 89.0 Å². The van der Waals surface area contributed by atoms with Crippen LogP contribution in [0.15, 0.2) is 67.8 Å². The number of carboxylic acid groups (broad SMARTS) is 1. The third-order valence-corrected chi connectivity index (χ3v) is 21.7. The van der Waals surface area contributed by atoms with Crippen LogP contribution in [-0.4, -0.2) is 137 Å². The smallest absolute Gasteiger partial charge is 0.472 e. The Labute approximate surface area is 522 Å². The molecule has 1 aromatic heterocycles. The number of carbonyl (C=O) groups excluding carboxylic acids is 6. The lowest BCUT2D eigenvalue weighted by Crippen LogP contribution is -2.56. The summed E-state index contributed by atoms with van der Waals surface area (Å²) in [5.41, 5.74) is 31.0. The van der Waals surface area contributed by atoms with Crippen molar-refractivity contribution in [1.82, 2.24) is 20.2 Å². The minimum Gasteiger partial charge on any atom is -0.481 e. The highest BCUT2D eigenvalue weighted by Crippen LogP contribution is 2.63. The first-order valence-electron chi connectivity index (χ1n) is 30.5. The lowest BCUT2D eigenvalue weighted by atomic mass is 9.55. The van der Waals surface area contributed by atoms with E-state index in [1.54, 1.807) is 25.3 Å². The number of aliphatic imine (C=N–C) groups is 3. The molecule has 16 N–H and O–H groups in total. The third-order valence-electron chi connectivity index (χ3n) is 20.6. The first kappa shape index (κ1) is 68.9. The van der Waals surface area contributed by atoms with Crippen LogP contribution in [0.4, 0.5) is 0 Å². The maximum absolute atomic E-state index is 14.4. The monoisotopic (exact) mass is 1270 g/mol. The number of rotatable bonds is 26. The normalized spacial score (nSPS) is 34.2. The number of hydrogen-bond acceptors (Lipinski definition) is 18. The molecule has 2 aromatic rings. The fourth-order valence-corrected chi connectivity index (χ4v) is 16.6. The molecule has 492 valence electrons. The van der Waals surface area contributed by atoms with E-state index in [-0.39, 0.29) is 77.2 Å². The lowest BCUT2D eigenvalue weighted by Gasteiger charge is -2.48. The van der Waals surface area contributed by atoms with E-state index < -0.39 is 143 Å². The van der Waals surface area contributed by atoms with Crippen LogP contribution in [0.25, 0.3) is 11.0 Å². The molecule has 6 amide bonds. The van der Waals surface area contributed by atoms with Crippen molar-refractivity contribution in [2.75, 3.05) is 13.2 Å². The number of imidazole rings is 1. The van der Waals surface area contributed by atoms with Crippen molar-refractivity contribution in [3.05, 3.63) is 63.9 Å². The molecular weight excluding hydrogens is 1180 g/mol. The zero-order valence-electron chi connectivity index (χ0n) is 53.1. The number of nitrogens with zero attached hydrogens (tertiary/aromatic N) is 5. The van der Waals surface area contributed by atoms with Crippen molar-refractivity contribution in [1.29, 1.82) is 0 Å². The average Bonchev–Trinajstić information content (AvgIpc) is 1.53. The number of carbonyl (C=O) groups is 7. The van der Waals surface area contributed by atoms with Crippen molar-refractivity contribution in [3.8, 4) is 0 Å². The Morgan fingerprint density at radius 3 is 2.04 bits per heavy atom. The Kier molecular flexibility index (Phi) is 19.6. The van der Waals surface area contributed by atoms with E-state index in [9.17, 15) is 58.3 Å². The predicted octanol–water partition coefficient (Wildman–Crippen LogP) is 3.76. The molecule has 0 radical (unpaired) electrons. The highest BCUT2D eigenvalue weighted by molar-refractivity contribution is 7.47. The van der Waals surface area contributed by atoms with Crippen molar-refractivity contribution in [2.45, 2.75) is 189 Å². The summed E-state index contributed by atoms with van der Waals surface area (Å²) in [4.78, 5) is 125. The molecule has 2 fully saturated rings. The van der Waals surface area contributed by atoms with Gasteiger partial charge in [0.15, 0.2) is 6.23 Å². The summed E-state index contributed by atoms with van der Waals surface area (Å²) in [7, 11) is -5.07. The van der Waals surface area contributed by atoms with E-state index >= 15 is 0 Å². The summed E-state index contributed by atoms with van der Waals surface area (Å²) in [6.45, 7) is 19.1. The number of hydrogen-bond donors (Lipinski definition) is 11. The Morgan fingerprint density at radius 2 is 1.44 bits per heavy atom. The van der Waals surface area contributed by atoms with Crippen LogP contribution < -0.4 is 39.3 Å². The molecule has 0 saturated carbocycles. The molecule has 1 aromatic carbocycles. The van der Waals surface area contributed by atoms with E-state index in [1.165, 1.54) is 13.3 Å². The van der Waals surface area contributed by atoms with Crippen LogP contribution in [-0.2, 0) is 51.9 Å². The van der Waals surface area contributed by atoms with Crippen LogP contribution in [0.1, 0.15) is 150 Å². The molecule has 90 heavy (non-hydrogen) atoms. The number of primary amides is 5. The van der Waals surface area contributed by atoms with Gasteiger partial charge < -0.3 is 68.8 Å². The minimum atomic E-state index is -5.07. The van der Waals surface area contributed by atoms with Gasteiger partial charge in [0.1, 0.15) is 18.3 Å². The fourth-order valence-electron chi connectivity index (χ4n) is 15.4. The maximum Gasteiger partial charge on any atom is 0.472 e. The second-order valence-corrected chi connectivity index (χ2v) is 28.4. The number of amides is 6. The number of phosphoric ester groups is 1. The van der Waals surface area contributed by atoms with Gasteiger partial charge >= 0.3 is 13.8 Å². The standard InChI is InChI=1S/C62H89N12O15P/c1-29-20-39-40(21-30(29)2)74(28-69-39)57-52(84)53(41(27-75)87-57)89-90(85,86)88-31(3)26-68-48(81)18-19-59(8)37(22-45(65)78)56-62(11)61(10,25-47(67)80)36(14-17-49(82)83)51(73-62)33(5)55-60(9,24-46(66)79)34(12-15-43(63)76)38(70-55)23-42-58(6,7)35(13-16-44(64)77)50(71-42)32(4)54(59)72-56/h20-21,23,28,31,34-37,41,52-53,56-57,70,75,84H,12-19,22,24-27H2,1-11H3,(H2,63,76)(H2,64,77)(H2,65,78)(H2,66,79)(H2,67,80)(H,68,81)(H,82,83)(H,85,86)/b38-23-,50-32-,55-33-/t31-,34-,35-,36-,37+,41+,52-,53-,56-,57+,59-,60+,61+,62-/m1/s1. The molecule has 1 unspecified atom stereocenters. The number of aryl methyl sites for hydroxylation is 2. The number of carboxylic acids is 1. The second kappa shape index (κ2) is 25.6. The van der Waals surface area contributed by atoms with Gasteiger partial charge in [0.2, 0.25) is 35.4 Å². The zero-order chi connectivity index (χ0) is 66.7. The molecule has 8 rings (SSSR count). The summed E-state index contributed by atoms with van der Waals surface area (Å²) in [6.07, 6.45) is -4.81. The average molecular weight is 1270 g/mol. The van der Waals surface area contributed by atoms with Crippen LogP contribution in [0.5, 0.6) is 0 Å². The van der Waals surface area contributed by atoms with Gasteiger partial charge in [0.25, 0.3) is 0 Å². The minimum absolute atomic E-state index is 0.0279. The first-order valence-corrected chi connectivity index (χ1v) is 32.0. The van der Waals surface area contributed by atoms with E-state index in [4.69, 9.17) is 57.4 Å².